The van der Waals surface area contributed by atoms with E-state index in [2.05, 4.69) is 20.6 Å². The molecule has 0 aliphatic carbocycles. The lowest BCUT2D eigenvalue weighted by atomic mass is 10.1. The number of halogens is 1. The highest BCUT2D eigenvalue weighted by Crippen LogP contribution is 2.29. The van der Waals surface area contributed by atoms with Crippen molar-refractivity contribution in [2.75, 3.05) is 37.9 Å². The van der Waals surface area contributed by atoms with Crippen LogP contribution >= 0.6 is 11.6 Å². The molecule has 1 fully saturated rings. The second-order valence-electron chi connectivity index (χ2n) is 6.20. The Balaban J connectivity index is 1.79. The predicted octanol–water partition coefficient (Wildman–Crippen LogP) is 2.52. The van der Waals surface area contributed by atoms with Crippen molar-refractivity contribution in [2.45, 2.75) is 18.9 Å². The monoisotopic (exact) mass is 391 g/mol. The molecule has 0 bridgehead atoms. The summed E-state index contributed by atoms with van der Waals surface area (Å²) in [5, 5.41) is 16.0. The summed E-state index contributed by atoms with van der Waals surface area (Å²) in [5.41, 5.74) is 1.16. The van der Waals surface area contributed by atoms with Gasteiger partial charge in [-0.25, -0.2) is 4.98 Å². The number of aliphatic hydroxyl groups excluding tert-OH is 1. The van der Waals surface area contributed by atoms with Gasteiger partial charge in [-0.3, -0.25) is 4.79 Å². The Morgan fingerprint density at radius 1 is 1.37 bits per heavy atom. The van der Waals surface area contributed by atoms with E-state index in [-0.39, 0.29) is 12.0 Å². The molecule has 8 nitrogen and oxygen atoms in total. The number of benzene rings is 1. The van der Waals surface area contributed by atoms with Gasteiger partial charge in [-0.2, -0.15) is 4.98 Å². The van der Waals surface area contributed by atoms with Crippen LogP contribution in [0.15, 0.2) is 24.4 Å². The van der Waals surface area contributed by atoms with Crippen molar-refractivity contribution in [3.05, 3.63) is 35.0 Å². The van der Waals surface area contributed by atoms with Crippen molar-refractivity contribution in [3.63, 3.8) is 0 Å². The van der Waals surface area contributed by atoms with E-state index in [0.717, 1.165) is 0 Å². The Labute approximate surface area is 162 Å². The van der Waals surface area contributed by atoms with Crippen molar-refractivity contribution >= 4 is 35.0 Å². The molecule has 1 aromatic carbocycles. The quantitative estimate of drug-likeness (QED) is 0.720. The molecule has 1 aromatic heterocycles. The van der Waals surface area contributed by atoms with E-state index < -0.39 is 0 Å². The number of nitrogens with zero attached hydrogens (tertiary/aromatic N) is 3. The minimum atomic E-state index is -0.322. The molecular weight excluding hydrogens is 370 g/mol. The first-order chi connectivity index (χ1) is 13.0. The van der Waals surface area contributed by atoms with Gasteiger partial charge < -0.3 is 25.4 Å². The largest absolute Gasteiger partial charge is 0.495 e. The van der Waals surface area contributed by atoms with E-state index in [0.29, 0.717) is 59.7 Å². The SMILES string of the molecule is CNc1nc(Nc2ccc(C(=O)N3CCC(O)CC3)cc2OC)ncc1Cl. The minimum absolute atomic E-state index is 0.0769. The van der Waals surface area contributed by atoms with Gasteiger partial charge in [-0.1, -0.05) is 11.6 Å². The first-order valence-electron chi connectivity index (χ1n) is 8.64. The van der Waals surface area contributed by atoms with Crippen LogP contribution in [0.5, 0.6) is 5.75 Å². The number of methoxy groups -OCH3 is 1. The van der Waals surface area contributed by atoms with Crippen LogP contribution in [0.3, 0.4) is 0 Å². The van der Waals surface area contributed by atoms with E-state index >= 15 is 0 Å². The number of piperidine rings is 1. The fourth-order valence-corrected chi connectivity index (χ4v) is 3.09. The highest BCUT2D eigenvalue weighted by atomic mass is 35.5. The van der Waals surface area contributed by atoms with Gasteiger partial charge in [0.05, 0.1) is 25.1 Å². The first kappa shape index (κ1) is 19.2. The van der Waals surface area contributed by atoms with Crippen LogP contribution in [0.4, 0.5) is 17.5 Å². The van der Waals surface area contributed by atoms with Crippen LogP contribution in [0.1, 0.15) is 23.2 Å². The molecule has 2 heterocycles. The Morgan fingerprint density at radius 2 is 2.11 bits per heavy atom. The molecule has 0 radical (unpaired) electrons. The lowest BCUT2D eigenvalue weighted by molar-refractivity contribution is 0.0546. The fraction of sp³-hybridized carbons (Fsp3) is 0.389. The molecule has 144 valence electrons. The second kappa shape index (κ2) is 8.41. The zero-order chi connectivity index (χ0) is 19.4. The predicted molar refractivity (Wildman–Crippen MR) is 104 cm³/mol. The summed E-state index contributed by atoms with van der Waals surface area (Å²) in [4.78, 5) is 22.9. The molecule has 1 amide bonds. The zero-order valence-corrected chi connectivity index (χ0v) is 16.0. The number of nitrogens with one attached hydrogen (secondary N) is 2. The van der Waals surface area contributed by atoms with Gasteiger partial charge in [0.15, 0.2) is 0 Å². The number of hydrogen-bond donors (Lipinski definition) is 3. The summed E-state index contributed by atoms with van der Waals surface area (Å²) in [6.07, 6.45) is 2.38. The van der Waals surface area contributed by atoms with Crippen molar-refractivity contribution < 1.29 is 14.6 Å². The Hall–Kier alpha value is -2.58. The average molecular weight is 392 g/mol. The van der Waals surface area contributed by atoms with Gasteiger partial charge in [-0.05, 0) is 31.0 Å². The van der Waals surface area contributed by atoms with E-state index in [1.165, 1.54) is 13.3 Å². The van der Waals surface area contributed by atoms with Crippen LogP contribution in [0.25, 0.3) is 0 Å². The van der Waals surface area contributed by atoms with Gasteiger partial charge in [-0.15, -0.1) is 0 Å². The molecule has 1 saturated heterocycles. The lowest BCUT2D eigenvalue weighted by Crippen LogP contribution is -2.40. The van der Waals surface area contributed by atoms with E-state index in [1.54, 1.807) is 30.1 Å². The number of hydrogen-bond acceptors (Lipinski definition) is 7. The second-order valence-corrected chi connectivity index (χ2v) is 6.61. The Bertz CT molecular complexity index is 825. The molecule has 1 aliphatic rings. The van der Waals surface area contributed by atoms with Crippen molar-refractivity contribution in [3.8, 4) is 5.75 Å². The highest BCUT2D eigenvalue weighted by molar-refractivity contribution is 6.32. The first-order valence-corrected chi connectivity index (χ1v) is 9.02. The summed E-state index contributed by atoms with van der Waals surface area (Å²) in [6.45, 7) is 1.10. The van der Waals surface area contributed by atoms with Gasteiger partial charge in [0.25, 0.3) is 5.91 Å². The normalized spacial score (nSPS) is 14.7. The third kappa shape index (κ3) is 4.40. The maximum Gasteiger partial charge on any atom is 0.253 e. The molecule has 0 spiro atoms. The number of aromatic nitrogens is 2. The molecule has 3 rings (SSSR count). The number of carbonyl (C=O) groups is 1. The standard InChI is InChI=1S/C18H22ClN5O3/c1-20-16-13(19)10-21-18(23-16)22-14-4-3-11(9-15(14)27-2)17(26)24-7-5-12(25)6-8-24/h3-4,9-10,12,25H,5-8H2,1-2H3,(H2,20,21,22,23). The topological polar surface area (TPSA) is 99.6 Å². The van der Waals surface area contributed by atoms with Crippen molar-refractivity contribution in [1.82, 2.24) is 14.9 Å². The summed E-state index contributed by atoms with van der Waals surface area (Å²) < 4.78 is 5.42. The molecule has 1 aliphatic heterocycles. The summed E-state index contributed by atoms with van der Waals surface area (Å²) >= 11 is 6.00. The molecule has 27 heavy (non-hydrogen) atoms. The molecule has 9 heteroatoms. The molecule has 2 aromatic rings. The summed E-state index contributed by atoms with van der Waals surface area (Å²) in [6, 6.07) is 5.17. The molecule has 0 unspecified atom stereocenters. The minimum Gasteiger partial charge on any atom is -0.495 e. The van der Waals surface area contributed by atoms with E-state index in [1.807, 2.05) is 0 Å². The Morgan fingerprint density at radius 3 is 2.78 bits per heavy atom. The van der Waals surface area contributed by atoms with Crippen LogP contribution in [0, 0.1) is 0 Å². The molecule has 0 atom stereocenters. The molecular formula is C18H22ClN5O3. The zero-order valence-electron chi connectivity index (χ0n) is 15.2. The average Bonchev–Trinajstić information content (AvgIpc) is 2.69. The maximum absolute atomic E-state index is 12.7. The van der Waals surface area contributed by atoms with E-state index in [4.69, 9.17) is 16.3 Å². The summed E-state index contributed by atoms with van der Waals surface area (Å²) in [7, 11) is 3.26. The maximum atomic E-state index is 12.7. The number of amides is 1. The number of likely N-dealkylation sites (tertiary alicyclic amines) is 1. The van der Waals surface area contributed by atoms with Crippen LogP contribution in [-0.4, -0.2) is 59.2 Å². The fourth-order valence-electron chi connectivity index (χ4n) is 2.90. The van der Waals surface area contributed by atoms with Gasteiger partial charge >= 0.3 is 0 Å². The van der Waals surface area contributed by atoms with E-state index in [9.17, 15) is 9.90 Å². The lowest BCUT2D eigenvalue weighted by Gasteiger charge is -2.29. The smallest absolute Gasteiger partial charge is 0.253 e. The van der Waals surface area contributed by atoms with Crippen LogP contribution in [0.2, 0.25) is 5.02 Å². The number of carbonyl (C=O) groups excluding carboxylic acids is 1. The molecule has 3 N–H and O–H groups in total. The van der Waals surface area contributed by atoms with Crippen molar-refractivity contribution in [2.24, 2.45) is 0 Å². The van der Waals surface area contributed by atoms with Crippen LogP contribution < -0.4 is 15.4 Å². The van der Waals surface area contributed by atoms with Gasteiger partial charge in [0, 0.05) is 25.7 Å². The van der Waals surface area contributed by atoms with Crippen molar-refractivity contribution in [1.29, 1.82) is 0 Å². The third-order valence-electron chi connectivity index (χ3n) is 4.43. The Kier molecular flexibility index (Phi) is 5.98. The third-order valence-corrected chi connectivity index (χ3v) is 4.70. The molecule has 0 saturated carbocycles. The highest BCUT2D eigenvalue weighted by Gasteiger charge is 2.23. The number of rotatable bonds is 5. The van der Waals surface area contributed by atoms with Gasteiger partial charge in [0.1, 0.15) is 16.6 Å². The number of aliphatic hydroxyl groups is 1. The summed E-state index contributed by atoms with van der Waals surface area (Å²) in [5.74, 6) is 1.28. The number of anilines is 3. The van der Waals surface area contributed by atoms with Gasteiger partial charge in [0.2, 0.25) is 5.95 Å². The van der Waals surface area contributed by atoms with Crippen LogP contribution in [-0.2, 0) is 0 Å². The number of ether oxygens (including phenoxy) is 1.